The van der Waals surface area contributed by atoms with E-state index in [4.69, 9.17) is 5.73 Å². The van der Waals surface area contributed by atoms with E-state index in [1.54, 1.807) is 6.92 Å². The van der Waals surface area contributed by atoms with Crippen LogP contribution in [-0.2, 0) is 4.79 Å². The lowest BCUT2D eigenvalue weighted by molar-refractivity contribution is -0.120. The summed E-state index contributed by atoms with van der Waals surface area (Å²) in [6.45, 7) is 1.60. The molecule has 1 amide bonds. The number of nitrogens with one attached hydrogen (secondary N) is 1. The molecule has 14 heavy (non-hydrogen) atoms. The molecule has 2 saturated carbocycles. The zero-order chi connectivity index (χ0) is 10.2. The standard InChI is InChI=1S/C11H20N2O/c1-8(14)13-10-5-3-7-11(10)6-2-4-9(11)12/h9-10H,2-7,12H2,1H3,(H,13,14). The maximum Gasteiger partial charge on any atom is 0.217 e. The van der Waals surface area contributed by atoms with Crippen LogP contribution in [0.5, 0.6) is 0 Å². The van der Waals surface area contributed by atoms with Gasteiger partial charge >= 0.3 is 0 Å². The fraction of sp³-hybridized carbons (Fsp3) is 0.909. The second-order valence-electron chi connectivity index (χ2n) is 4.88. The number of carbonyl (C=O) groups is 1. The van der Waals surface area contributed by atoms with E-state index in [-0.39, 0.29) is 11.3 Å². The topological polar surface area (TPSA) is 55.1 Å². The lowest BCUT2D eigenvalue weighted by atomic mass is 9.78. The van der Waals surface area contributed by atoms with Gasteiger partial charge in [-0.15, -0.1) is 0 Å². The second kappa shape index (κ2) is 3.54. The van der Waals surface area contributed by atoms with Crippen LogP contribution in [0.2, 0.25) is 0 Å². The number of hydrogen-bond donors (Lipinski definition) is 2. The van der Waals surface area contributed by atoms with E-state index in [2.05, 4.69) is 5.32 Å². The Kier molecular flexibility index (Phi) is 2.52. The molecule has 2 aliphatic rings. The largest absolute Gasteiger partial charge is 0.353 e. The summed E-state index contributed by atoms with van der Waals surface area (Å²) < 4.78 is 0. The third-order valence-corrected chi connectivity index (χ3v) is 4.10. The monoisotopic (exact) mass is 196 g/mol. The summed E-state index contributed by atoms with van der Waals surface area (Å²) >= 11 is 0. The van der Waals surface area contributed by atoms with Gasteiger partial charge in [-0.1, -0.05) is 12.8 Å². The van der Waals surface area contributed by atoms with Crippen molar-refractivity contribution in [3.63, 3.8) is 0 Å². The van der Waals surface area contributed by atoms with Crippen molar-refractivity contribution in [3.8, 4) is 0 Å². The smallest absolute Gasteiger partial charge is 0.217 e. The molecule has 80 valence electrons. The molecule has 2 aliphatic carbocycles. The van der Waals surface area contributed by atoms with Gasteiger partial charge in [-0.05, 0) is 25.7 Å². The van der Waals surface area contributed by atoms with Crippen LogP contribution in [0, 0.1) is 5.41 Å². The minimum absolute atomic E-state index is 0.0929. The normalized spacial score (nSPS) is 41.9. The van der Waals surface area contributed by atoms with Crippen LogP contribution in [0.4, 0.5) is 0 Å². The predicted molar refractivity (Wildman–Crippen MR) is 55.7 cm³/mol. The van der Waals surface area contributed by atoms with Gasteiger partial charge in [0, 0.05) is 24.4 Å². The summed E-state index contributed by atoms with van der Waals surface area (Å²) in [5.41, 5.74) is 6.43. The van der Waals surface area contributed by atoms with E-state index in [1.165, 1.54) is 25.7 Å². The van der Waals surface area contributed by atoms with Crippen LogP contribution >= 0.6 is 0 Å². The van der Waals surface area contributed by atoms with Gasteiger partial charge in [-0.2, -0.15) is 0 Å². The van der Waals surface area contributed by atoms with E-state index in [1.807, 2.05) is 0 Å². The lowest BCUT2D eigenvalue weighted by Gasteiger charge is -2.35. The van der Waals surface area contributed by atoms with E-state index in [0.29, 0.717) is 12.1 Å². The lowest BCUT2D eigenvalue weighted by Crippen LogP contribution is -2.50. The molecule has 2 fully saturated rings. The summed E-state index contributed by atoms with van der Waals surface area (Å²) in [5, 5.41) is 3.09. The SMILES string of the molecule is CC(=O)NC1CCCC12CCCC2N. The minimum atomic E-state index is 0.0929. The average Bonchev–Trinajstić information content (AvgIpc) is 2.63. The molecule has 0 radical (unpaired) electrons. The second-order valence-corrected chi connectivity index (χ2v) is 4.88. The summed E-state index contributed by atoms with van der Waals surface area (Å²) in [6.07, 6.45) is 7.12. The first-order valence-electron chi connectivity index (χ1n) is 5.68. The Balaban J connectivity index is 2.12. The summed E-state index contributed by atoms with van der Waals surface area (Å²) in [6, 6.07) is 0.652. The third-order valence-electron chi connectivity index (χ3n) is 4.10. The van der Waals surface area contributed by atoms with Crippen molar-refractivity contribution in [2.45, 2.75) is 57.5 Å². The van der Waals surface area contributed by atoms with Crippen LogP contribution in [0.15, 0.2) is 0 Å². The molecule has 3 N–H and O–H groups in total. The molecule has 0 saturated heterocycles. The molecular weight excluding hydrogens is 176 g/mol. The molecule has 1 spiro atoms. The van der Waals surface area contributed by atoms with Crippen LogP contribution in [0.25, 0.3) is 0 Å². The molecule has 0 aromatic carbocycles. The summed E-state index contributed by atoms with van der Waals surface area (Å²) in [4.78, 5) is 11.1. The average molecular weight is 196 g/mol. The van der Waals surface area contributed by atoms with Crippen molar-refractivity contribution in [1.82, 2.24) is 5.32 Å². The van der Waals surface area contributed by atoms with E-state index in [9.17, 15) is 4.79 Å². The molecule has 3 atom stereocenters. The molecule has 3 unspecified atom stereocenters. The third kappa shape index (κ3) is 1.44. The number of rotatable bonds is 1. The molecule has 0 bridgehead atoms. The van der Waals surface area contributed by atoms with Gasteiger partial charge in [0.25, 0.3) is 0 Å². The molecule has 3 nitrogen and oxygen atoms in total. The fourth-order valence-corrected chi connectivity index (χ4v) is 3.43. The Hall–Kier alpha value is -0.570. The molecule has 0 heterocycles. The van der Waals surface area contributed by atoms with Gasteiger partial charge in [0.2, 0.25) is 5.91 Å². The Labute approximate surface area is 85.4 Å². The number of hydrogen-bond acceptors (Lipinski definition) is 2. The van der Waals surface area contributed by atoms with Gasteiger partial charge in [-0.25, -0.2) is 0 Å². The highest BCUT2D eigenvalue weighted by Gasteiger charge is 2.49. The van der Waals surface area contributed by atoms with Crippen LogP contribution in [-0.4, -0.2) is 18.0 Å². The van der Waals surface area contributed by atoms with Gasteiger partial charge in [-0.3, -0.25) is 4.79 Å². The first-order valence-corrected chi connectivity index (χ1v) is 5.68. The maximum absolute atomic E-state index is 11.1. The van der Waals surface area contributed by atoms with E-state index < -0.39 is 0 Å². The molecule has 0 aromatic heterocycles. The number of nitrogens with two attached hydrogens (primary N) is 1. The van der Waals surface area contributed by atoms with Crippen molar-refractivity contribution < 1.29 is 4.79 Å². The highest BCUT2D eigenvalue weighted by atomic mass is 16.1. The van der Waals surface area contributed by atoms with Crippen molar-refractivity contribution in [2.75, 3.05) is 0 Å². The Morgan fingerprint density at radius 1 is 1.36 bits per heavy atom. The zero-order valence-electron chi connectivity index (χ0n) is 8.88. The Morgan fingerprint density at radius 2 is 2.00 bits per heavy atom. The maximum atomic E-state index is 11.1. The van der Waals surface area contributed by atoms with Gasteiger partial charge < -0.3 is 11.1 Å². The summed E-state index contributed by atoms with van der Waals surface area (Å²) in [5.74, 6) is 0.0929. The first-order chi connectivity index (χ1) is 6.65. The molecule has 0 aromatic rings. The van der Waals surface area contributed by atoms with Crippen LogP contribution in [0.1, 0.15) is 45.4 Å². The Bertz CT molecular complexity index is 237. The zero-order valence-corrected chi connectivity index (χ0v) is 8.88. The van der Waals surface area contributed by atoms with E-state index in [0.717, 1.165) is 12.8 Å². The van der Waals surface area contributed by atoms with Gasteiger partial charge in [0.15, 0.2) is 0 Å². The molecule has 3 heteroatoms. The molecule has 0 aliphatic heterocycles. The minimum Gasteiger partial charge on any atom is -0.353 e. The quantitative estimate of drug-likeness (QED) is 0.661. The van der Waals surface area contributed by atoms with Crippen LogP contribution in [0.3, 0.4) is 0 Å². The van der Waals surface area contributed by atoms with Crippen molar-refractivity contribution in [1.29, 1.82) is 0 Å². The van der Waals surface area contributed by atoms with Gasteiger partial charge in [0.05, 0.1) is 0 Å². The van der Waals surface area contributed by atoms with Crippen LogP contribution < -0.4 is 11.1 Å². The summed E-state index contributed by atoms with van der Waals surface area (Å²) in [7, 11) is 0. The Morgan fingerprint density at radius 3 is 2.50 bits per heavy atom. The van der Waals surface area contributed by atoms with Gasteiger partial charge in [0.1, 0.15) is 0 Å². The van der Waals surface area contributed by atoms with Crippen molar-refractivity contribution in [2.24, 2.45) is 11.1 Å². The van der Waals surface area contributed by atoms with E-state index >= 15 is 0 Å². The van der Waals surface area contributed by atoms with Crippen molar-refractivity contribution in [3.05, 3.63) is 0 Å². The first kappa shape index (κ1) is 9.97. The fourth-order valence-electron chi connectivity index (χ4n) is 3.43. The molecule has 2 rings (SSSR count). The number of carbonyl (C=O) groups excluding carboxylic acids is 1. The highest BCUT2D eigenvalue weighted by Crippen LogP contribution is 2.49. The molecular formula is C11H20N2O. The highest BCUT2D eigenvalue weighted by molar-refractivity contribution is 5.73. The number of amides is 1. The van der Waals surface area contributed by atoms with Crippen molar-refractivity contribution >= 4 is 5.91 Å². The predicted octanol–water partition coefficient (Wildman–Crippen LogP) is 1.17.